The molecule has 3 rings (SSSR count). The van der Waals surface area contributed by atoms with Crippen molar-refractivity contribution in [3.05, 3.63) is 64.7 Å². The molecule has 0 saturated carbocycles. The zero-order valence-electron chi connectivity index (χ0n) is 15.2. The first kappa shape index (κ1) is 21.6. The second kappa shape index (κ2) is 8.33. The Morgan fingerprint density at radius 1 is 1.00 bits per heavy atom. The number of carbonyl (C=O) groups excluding carboxylic acids is 1. The summed E-state index contributed by atoms with van der Waals surface area (Å²) in [5.74, 6) is -0.260. The van der Waals surface area contributed by atoms with Gasteiger partial charge in [0.2, 0.25) is 15.9 Å². The Kier molecular flexibility index (Phi) is 6.21. The van der Waals surface area contributed by atoms with Gasteiger partial charge in [-0.1, -0.05) is 29.8 Å². The van der Waals surface area contributed by atoms with Gasteiger partial charge in [0.05, 0.1) is 16.9 Å². The van der Waals surface area contributed by atoms with Crippen molar-refractivity contribution in [2.24, 2.45) is 0 Å². The van der Waals surface area contributed by atoms with Crippen LogP contribution in [0.15, 0.2) is 53.4 Å². The highest BCUT2D eigenvalue weighted by molar-refractivity contribution is 7.89. The van der Waals surface area contributed by atoms with Crippen molar-refractivity contribution in [3.63, 3.8) is 0 Å². The molecule has 0 aliphatic carbocycles. The molecular weight excluding hydrogens is 429 g/mol. The number of amides is 1. The summed E-state index contributed by atoms with van der Waals surface area (Å²) in [6, 6.07) is 10.4. The summed E-state index contributed by atoms with van der Waals surface area (Å²) in [7, 11) is -3.71. The first-order valence-electron chi connectivity index (χ1n) is 8.77. The Morgan fingerprint density at radius 2 is 1.62 bits per heavy atom. The van der Waals surface area contributed by atoms with Crippen LogP contribution in [0.2, 0.25) is 5.02 Å². The van der Waals surface area contributed by atoms with Crippen molar-refractivity contribution in [2.45, 2.75) is 17.5 Å². The van der Waals surface area contributed by atoms with Gasteiger partial charge in [-0.3, -0.25) is 4.79 Å². The van der Waals surface area contributed by atoms with E-state index in [9.17, 15) is 26.4 Å². The largest absolute Gasteiger partial charge is 0.416 e. The maximum atomic E-state index is 12.7. The Morgan fingerprint density at radius 3 is 2.17 bits per heavy atom. The Labute approximate surface area is 171 Å². The lowest BCUT2D eigenvalue weighted by atomic mass is 10.1. The molecule has 1 amide bonds. The molecule has 2 aromatic rings. The SMILES string of the molecule is O=C(Cc1ccc(C(F)(F)F)cc1)N1CCN(S(=O)(=O)c2cccc(Cl)c2)CC1. The number of hydrogen-bond donors (Lipinski definition) is 0. The summed E-state index contributed by atoms with van der Waals surface area (Å²) < 4.78 is 64.5. The van der Waals surface area contributed by atoms with Crippen molar-refractivity contribution in [2.75, 3.05) is 26.2 Å². The van der Waals surface area contributed by atoms with Gasteiger partial charge in [-0.25, -0.2) is 8.42 Å². The average Bonchev–Trinajstić information content (AvgIpc) is 2.68. The maximum Gasteiger partial charge on any atom is 0.416 e. The topological polar surface area (TPSA) is 57.7 Å². The molecule has 0 N–H and O–H groups in total. The molecule has 0 radical (unpaired) electrons. The number of rotatable bonds is 4. The van der Waals surface area contributed by atoms with Crippen LogP contribution >= 0.6 is 11.6 Å². The van der Waals surface area contributed by atoms with E-state index >= 15 is 0 Å². The van der Waals surface area contributed by atoms with Gasteiger partial charge < -0.3 is 4.90 Å². The van der Waals surface area contributed by atoms with Crippen LogP contribution in [0.1, 0.15) is 11.1 Å². The number of piperazine rings is 1. The fourth-order valence-electron chi connectivity index (χ4n) is 3.05. The van der Waals surface area contributed by atoms with Crippen molar-refractivity contribution in [1.29, 1.82) is 0 Å². The third kappa shape index (κ3) is 5.09. The van der Waals surface area contributed by atoms with E-state index in [1.165, 1.54) is 33.5 Å². The first-order chi connectivity index (χ1) is 13.6. The molecule has 0 atom stereocenters. The van der Waals surface area contributed by atoms with Crippen molar-refractivity contribution in [1.82, 2.24) is 9.21 Å². The van der Waals surface area contributed by atoms with E-state index in [1.54, 1.807) is 12.1 Å². The Bertz CT molecular complexity index is 987. The molecule has 1 aliphatic rings. The summed E-state index contributed by atoms with van der Waals surface area (Å²) in [5, 5.41) is 0.316. The molecule has 5 nitrogen and oxygen atoms in total. The minimum atomic E-state index is -4.42. The molecule has 2 aromatic carbocycles. The first-order valence-corrected chi connectivity index (χ1v) is 10.6. The summed E-state index contributed by atoms with van der Waals surface area (Å²) >= 11 is 5.87. The number of carbonyl (C=O) groups is 1. The highest BCUT2D eigenvalue weighted by Gasteiger charge is 2.31. The highest BCUT2D eigenvalue weighted by atomic mass is 35.5. The van der Waals surface area contributed by atoms with Gasteiger partial charge in [-0.05, 0) is 35.9 Å². The van der Waals surface area contributed by atoms with Crippen molar-refractivity contribution in [3.8, 4) is 0 Å². The standard InChI is InChI=1S/C19H18ClF3N2O3S/c20-16-2-1-3-17(13-16)29(27,28)25-10-8-24(9-11-25)18(26)12-14-4-6-15(7-5-14)19(21,22)23/h1-7,13H,8-12H2. The maximum absolute atomic E-state index is 12.7. The number of nitrogens with zero attached hydrogens (tertiary/aromatic N) is 2. The molecule has 156 valence electrons. The lowest BCUT2D eigenvalue weighted by molar-refractivity contribution is -0.137. The van der Waals surface area contributed by atoms with Crippen LogP contribution in [-0.4, -0.2) is 49.7 Å². The summed E-state index contributed by atoms with van der Waals surface area (Å²) in [6.07, 6.45) is -4.47. The Hall–Kier alpha value is -2.10. The molecule has 0 spiro atoms. The number of halogens is 4. The number of hydrogen-bond acceptors (Lipinski definition) is 3. The molecule has 1 saturated heterocycles. The molecule has 29 heavy (non-hydrogen) atoms. The molecule has 1 aliphatic heterocycles. The van der Waals surface area contributed by atoms with E-state index in [0.717, 1.165) is 12.1 Å². The Balaban J connectivity index is 1.59. The quantitative estimate of drug-likeness (QED) is 0.723. The van der Waals surface area contributed by atoms with Gasteiger partial charge >= 0.3 is 6.18 Å². The lowest BCUT2D eigenvalue weighted by Crippen LogP contribution is -2.50. The van der Waals surface area contributed by atoms with Gasteiger partial charge in [0.1, 0.15) is 0 Å². The van der Waals surface area contributed by atoms with Crippen LogP contribution in [0.25, 0.3) is 0 Å². The van der Waals surface area contributed by atoms with Crippen LogP contribution < -0.4 is 0 Å². The zero-order chi connectivity index (χ0) is 21.2. The molecule has 0 bridgehead atoms. The molecule has 10 heteroatoms. The number of alkyl halides is 3. The second-order valence-corrected chi connectivity index (χ2v) is 8.99. The van der Waals surface area contributed by atoms with E-state index in [2.05, 4.69) is 0 Å². The van der Waals surface area contributed by atoms with E-state index < -0.39 is 21.8 Å². The molecule has 0 unspecified atom stereocenters. The molecule has 0 aromatic heterocycles. The van der Waals surface area contributed by atoms with Crippen LogP contribution in [-0.2, 0) is 27.4 Å². The number of sulfonamides is 1. The van der Waals surface area contributed by atoms with Gasteiger partial charge in [0, 0.05) is 31.2 Å². The summed E-state index contributed by atoms with van der Waals surface area (Å²) in [6.45, 7) is 0.680. The fraction of sp³-hybridized carbons (Fsp3) is 0.316. The normalized spacial score (nSPS) is 16.1. The third-order valence-corrected chi connectivity index (χ3v) is 6.79. The van der Waals surface area contributed by atoms with Crippen LogP contribution in [0.4, 0.5) is 13.2 Å². The van der Waals surface area contributed by atoms with E-state index in [1.807, 2.05) is 0 Å². The van der Waals surface area contributed by atoms with Crippen molar-refractivity contribution < 1.29 is 26.4 Å². The minimum Gasteiger partial charge on any atom is -0.340 e. The van der Waals surface area contributed by atoms with Gasteiger partial charge in [-0.15, -0.1) is 0 Å². The molecule has 1 fully saturated rings. The summed E-state index contributed by atoms with van der Waals surface area (Å²) in [4.78, 5) is 14.0. The van der Waals surface area contributed by atoms with Crippen LogP contribution in [0.5, 0.6) is 0 Å². The minimum absolute atomic E-state index is 0.0425. The smallest absolute Gasteiger partial charge is 0.340 e. The van der Waals surface area contributed by atoms with E-state index in [0.29, 0.717) is 10.6 Å². The predicted octanol–water partition coefficient (Wildman–Crippen LogP) is 3.43. The zero-order valence-corrected chi connectivity index (χ0v) is 16.8. The second-order valence-electron chi connectivity index (χ2n) is 6.61. The van der Waals surface area contributed by atoms with E-state index in [-0.39, 0.29) is 43.4 Å². The lowest BCUT2D eigenvalue weighted by Gasteiger charge is -2.34. The monoisotopic (exact) mass is 446 g/mol. The van der Waals surface area contributed by atoms with Gasteiger partial charge in [-0.2, -0.15) is 17.5 Å². The molecule has 1 heterocycles. The number of benzene rings is 2. The highest BCUT2D eigenvalue weighted by Crippen LogP contribution is 2.29. The summed E-state index contributed by atoms with van der Waals surface area (Å²) in [5.41, 5.74) is -0.300. The van der Waals surface area contributed by atoms with E-state index in [4.69, 9.17) is 11.6 Å². The van der Waals surface area contributed by atoms with Gasteiger partial charge in [0.15, 0.2) is 0 Å². The fourth-order valence-corrected chi connectivity index (χ4v) is 4.78. The van der Waals surface area contributed by atoms with Crippen LogP contribution in [0.3, 0.4) is 0 Å². The third-order valence-electron chi connectivity index (χ3n) is 4.66. The average molecular weight is 447 g/mol. The van der Waals surface area contributed by atoms with Crippen molar-refractivity contribution >= 4 is 27.5 Å². The predicted molar refractivity (Wildman–Crippen MR) is 102 cm³/mol. The van der Waals surface area contributed by atoms with Gasteiger partial charge in [0.25, 0.3) is 0 Å². The molecular formula is C19H18ClF3N2O3S. The van der Waals surface area contributed by atoms with Crippen LogP contribution in [0, 0.1) is 0 Å².